The van der Waals surface area contributed by atoms with E-state index in [9.17, 15) is 4.79 Å². The molecule has 0 aliphatic carbocycles. The van der Waals surface area contributed by atoms with Crippen LogP contribution in [-0.4, -0.2) is 34.2 Å². The third-order valence-corrected chi connectivity index (χ3v) is 6.32. The van der Waals surface area contributed by atoms with E-state index in [2.05, 4.69) is 21.5 Å². The number of rotatable bonds is 6. The molecule has 0 saturated carbocycles. The fourth-order valence-corrected chi connectivity index (χ4v) is 4.44. The Labute approximate surface area is 184 Å². The van der Waals surface area contributed by atoms with E-state index >= 15 is 0 Å². The smallest absolute Gasteiger partial charge is 0.318 e. The van der Waals surface area contributed by atoms with E-state index in [1.54, 1.807) is 16.2 Å². The summed E-state index contributed by atoms with van der Waals surface area (Å²) in [5.41, 5.74) is 2.10. The number of amides is 2. The highest BCUT2D eigenvalue weighted by atomic mass is 32.1. The van der Waals surface area contributed by atoms with Crippen LogP contribution in [-0.2, 0) is 6.42 Å². The molecule has 1 N–H and O–H groups in total. The van der Waals surface area contributed by atoms with Crippen molar-refractivity contribution >= 4 is 17.4 Å². The summed E-state index contributed by atoms with van der Waals surface area (Å²) in [7, 11) is 0. The Bertz CT molecular complexity index is 1080. The standard InChI is InChI=1S/C24H22N4O2S/c29-24(26-22(17-8-3-1-4-9-17)18-10-5-2-6-11-18)28-15-19(16-28)23-25-21(27-30-23)14-20-12-7-13-31-20/h1-13,19,22H,14-16H2,(H,26,29). The van der Waals surface area contributed by atoms with E-state index in [0.717, 1.165) is 11.1 Å². The van der Waals surface area contributed by atoms with Gasteiger partial charge in [-0.1, -0.05) is 71.9 Å². The molecule has 0 radical (unpaired) electrons. The number of nitrogens with one attached hydrogen (secondary N) is 1. The molecule has 1 saturated heterocycles. The van der Waals surface area contributed by atoms with Crippen molar-refractivity contribution in [3.8, 4) is 0 Å². The number of hydrogen-bond acceptors (Lipinski definition) is 5. The van der Waals surface area contributed by atoms with Gasteiger partial charge in [-0.3, -0.25) is 0 Å². The van der Waals surface area contributed by atoms with Crippen molar-refractivity contribution in [3.05, 3.63) is 106 Å². The molecule has 0 atom stereocenters. The summed E-state index contributed by atoms with van der Waals surface area (Å²) in [6, 6.07) is 23.8. The number of thiophene rings is 1. The monoisotopic (exact) mass is 430 g/mol. The Hall–Kier alpha value is -3.45. The summed E-state index contributed by atoms with van der Waals surface area (Å²) in [4.78, 5) is 20.4. The number of hydrogen-bond donors (Lipinski definition) is 1. The van der Waals surface area contributed by atoms with E-state index in [-0.39, 0.29) is 18.0 Å². The van der Waals surface area contributed by atoms with Gasteiger partial charge in [0.2, 0.25) is 5.89 Å². The number of carbonyl (C=O) groups is 1. The van der Waals surface area contributed by atoms with Gasteiger partial charge >= 0.3 is 6.03 Å². The van der Waals surface area contributed by atoms with Crippen molar-refractivity contribution in [1.82, 2.24) is 20.4 Å². The van der Waals surface area contributed by atoms with Crippen LogP contribution in [0.2, 0.25) is 0 Å². The molecular formula is C24H22N4O2S. The lowest BCUT2D eigenvalue weighted by molar-refractivity contribution is 0.135. The second-order valence-electron chi connectivity index (χ2n) is 7.61. The van der Waals surface area contributed by atoms with E-state index in [1.807, 2.05) is 72.1 Å². The minimum absolute atomic E-state index is 0.0854. The van der Waals surface area contributed by atoms with Gasteiger partial charge in [-0.05, 0) is 22.6 Å². The van der Waals surface area contributed by atoms with Crippen LogP contribution >= 0.6 is 11.3 Å². The molecule has 156 valence electrons. The Balaban J connectivity index is 1.22. The quantitative estimate of drug-likeness (QED) is 0.485. The molecule has 4 aromatic rings. The molecule has 0 spiro atoms. The molecule has 2 aromatic heterocycles. The molecular weight excluding hydrogens is 408 g/mol. The Morgan fingerprint density at radius 1 is 1.03 bits per heavy atom. The maximum Gasteiger partial charge on any atom is 0.318 e. The zero-order chi connectivity index (χ0) is 21.0. The van der Waals surface area contributed by atoms with Crippen molar-refractivity contribution in [3.63, 3.8) is 0 Å². The maximum atomic E-state index is 12.9. The van der Waals surface area contributed by atoms with Crippen molar-refractivity contribution in [2.24, 2.45) is 0 Å². The average molecular weight is 431 g/mol. The van der Waals surface area contributed by atoms with Crippen LogP contribution in [0.5, 0.6) is 0 Å². The molecule has 2 aromatic carbocycles. The SMILES string of the molecule is O=C(NC(c1ccccc1)c1ccccc1)N1CC(c2nc(Cc3cccs3)no2)C1. The van der Waals surface area contributed by atoms with E-state index in [1.165, 1.54) is 4.88 Å². The minimum Gasteiger partial charge on any atom is -0.339 e. The Morgan fingerprint density at radius 2 is 1.71 bits per heavy atom. The van der Waals surface area contributed by atoms with E-state index in [0.29, 0.717) is 31.2 Å². The summed E-state index contributed by atoms with van der Waals surface area (Å²) < 4.78 is 5.45. The van der Waals surface area contributed by atoms with Crippen molar-refractivity contribution in [2.45, 2.75) is 18.4 Å². The normalized spacial score (nSPS) is 13.9. The molecule has 6 nitrogen and oxygen atoms in total. The van der Waals surface area contributed by atoms with Crippen LogP contribution in [0.15, 0.2) is 82.7 Å². The molecule has 1 fully saturated rings. The van der Waals surface area contributed by atoms with Crippen LogP contribution in [0.3, 0.4) is 0 Å². The zero-order valence-electron chi connectivity index (χ0n) is 16.8. The molecule has 1 aliphatic heterocycles. The summed E-state index contributed by atoms with van der Waals surface area (Å²) in [5.74, 6) is 1.38. The number of likely N-dealkylation sites (tertiary alicyclic amines) is 1. The van der Waals surface area contributed by atoms with Crippen molar-refractivity contribution in [1.29, 1.82) is 0 Å². The highest BCUT2D eigenvalue weighted by Crippen LogP contribution is 2.28. The van der Waals surface area contributed by atoms with Crippen molar-refractivity contribution in [2.75, 3.05) is 13.1 Å². The first kappa shape index (κ1) is 19.5. The highest BCUT2D eigenvalue weighted by Gasteiger charge is 2.36. The second kappa shape index (κ2) is 8.73. The maximum absolute atomic E-state index is 12.9. The molecule has 7 heteroatoms. The molecule has 5 rings (SSSR count). The van der Waals surface area contributed by atoms with E-state index in [4.69, 9.17) is 4.52 Å². The van der Waals surface area contributed by atoms with Gasteiger partial charge in [0.15, 0.2) is 5.82 Å². The van der Waals surface area contributed by atoms with Gasteiger partial charge in [0.1, 0.15) is 0 Å². The molecule has 3 heterocycles. The van der Waals surface area contributed by atoms with Crippen LogP contribution in [0, 0.1) is 0 Å². The first-order valence-corrected chi connectivity index (χ1v) is 11.1. The lowest BCUT2D eigenvalue weighted by Gasteiger charge is -2.38. The number of nitrogens with zero attached hydrogens (tertiary/aromatic N) is 3. The first-order chi connectivity index (χ1) is 15.3. The number of carbonyl (C=O) groups excluding carboxylic acids is 1. The molecule has 0 unspecified atom stereocenters. The van der Waals surface area contributed by atoms with Gasteiger partial charge in [0.25, 0.3) is 0 Å². The average Bonchev–Trinajstić information content (AvgIpc) is 3.45. The summed E-state index contributed by atoms with van der Waals surface area (Å²) >= 11 is 1.68. The highest BCUT2D eigenvalue weighted by molar-refractivity contribution is 7.09. The number of aromatic nitrogens is 2. The predicted octanol–water partition coefficient (Wildman–Crippen LogP) is 4.62. The van der Waals surface area contributed by atoms with Gasteiger partial charge in [0.05, 0.1) is 12.0 Å². The van der Waals surface area contributed by atoms with Gasteiger partial charge in [0, 0.05) is 24.4 Å². The summed E-state index contributed by atoms with van der Waals surface area (Å²) in [5, 5.41) is 9.31. The molecule has 2 amide bonds. The van der Waals surface area contributed by atoms with Gasteiger partial charge < -0.3 is 14.7 Å². The largest absolute Gasteiger partial charge is 0.339 e. The zero-order valence-corrected chi connectivity index (χ0v) is 17.7. The van der Waals surface area contributed by atoms with Crippen LogP contribution in [0.1, 0.15) is 39.7 Å². The minimum atomic E-state index is -0.199. The molecule has 0 bridgehead atoms. The topological polar surface area (TPSA) is 71.3 Å². The first-order valence-electron chi connectivity index (χ1n) is 10.3. The predicted molar refractivity (Wildman–Crippen MR) is 119 cm³/mol. The van der Waals surface area contributed by atoms with Crippen LogP contribution in [0.4, 0.5) is 4.79 Å². The van der Waals surface area contributed by atoms with Crippen LogP contribution < -0.4 is 5.32 Å². The summed E-state index contributed by atoms with van der Waals surface area (Å²) in [6.45, 7) is 1.14. The van der Waals surface area contributed by atoms with E-state index < -0.39 is 0 Å². The molecule has 31 heavy (non-hydrogen) atoms. The number of benzene rings is 2. The van der Waals surface area contributed by atoms with Gasteiger partial charge in [-0.2, -0.15) is 4.98 Å². The number of urea groups is 1. The van der Waals surface area contributed by atoms with Crippen molar-refractivity contribution < 1.29 is 9.32 Å². The third-order valence-electron chi connectivity index (χ3n) is 5.45. The Kier molecular flexibility index (Phi) is 5.50. The Morgan fingerprint density at radius 3 is 2.32 bits per heavy atom. The second-order valence-corrected chi connectivity index (χ2v) is 8.64. The van der Waals surface area contributed by atoms with Gasteiger partial charge in [-0.15, -0.1) is 11.3 Å². The van der Waals surface area contributed by atoms with Gasteiger partial charge in [-0.25, -0.2) is 4.79 Å². The lowest BCUT2D eigenvalue weighted by atomic mass is 9.98. The molecule has 1 aliphatic rings. The summed E-state index contributed by atoms with van der Waals surface area (Å²) in [6.07, 6.45) is 0.675. The third kappa shape index (κ3) is 4.36. The fourth-order valence-electron chi connectivity index (χ4n) is 3.74. The lowest BCUT2D eigenvalue weighted by Crippen LogP contribution is -2.53. The van der Waals surface area contributed by atoms with Crippen LogP contribution in [0.25, 0.3) is 0 Å². The fraction of sp³-hybridized carbons (Fsp3) is 0.208.